The zero-order valence-corrected chi connectivity index (χ0v) is 13.6. The molecule has 0 bridgehead atoms. The van der Waals surface area contributed by atoms with E-state index >= 15 is 0 Å². The van der Waals surface area contributed by atoms with Crippen LogP contribution in [-0.4, -0.2) is 6.29 Å². The average molecular weight is 287 g/mol. The highest BCUT2D eigenvalue weighted by molar-refractivity contribution is 5.50. The van der Waals surface area contributed by atoms with E-state index in [1.807, 2.05) is 6.29 Å². The molecule has 1 nitrogen and oxygen atoms in total. The van der Waals surface area contributed by atoms with Crippen molar-refractivity contribution < 1.29 is 4.79 Å². The first-order chi connectivity index (χ1) is 10.4. The molecule has 0 heterocycles. The summed E-state index contributed by atoms with van der Waals surface area (Å²) in [5.74, 6) is 0. The third kappa shape index (κ3) is 18.6. The first-order valence-corrected chi connectivity index (χ1v) is 8.36. The summed E-state index contributed by atoms with van der Waals surface area (Å²) < 4.78 is 0. The minimum absolute atomic E-state index is 0.521. The van der Waals surface area contributed by atoms with Gasteiger partial charge in [-0.25, -0.2) is 0 Å². The van der Waals surface area contributed by atoms with Crippen molar-refractivity contribution in [1.82, 2.24) is 0 Å². The van der Waals surface area contributed by atoms with Crippen LogP contribution < -0.4 is 0 Å². The number of allylic oxidation sites excluding steroid dienone is 8. The van der Waals surface area contributed by atoms with E-state index in [-0.39, 0.29) is 0 Å². The minimum atomic E-state index is 0.521. The second-order valence-electron chi connectivity index (χ2n) is 5.09. The summed E-state index contributed by atoms with van der Waals surface area (Å²) in [6.07, 6.45) is 30.3. The topological polar surface area (TPSA) is 17.1 Å². The van der Waals surface area contributed by atoms with E-state index in [2.05, 4.69) is 55.5 Å². The second-order valence-corrected chi connectivity index (χ2v) is 5.09. The number of unbranched alkanes of at least 4 members (excludes halogenated alkanes) is 5. The van der Waals surface area contributed by atoms with Crippen molar-refractivity contribution in [3.63, 3.8) is 0 Å². The van der Waals surface area contributed by atoms with Gasteiger partial charge in [-0.3, -0.25) is 4.79 Å². The van der Waals surface area contributed by atoms with Gasteiger partial charge in [-0.1, -0.05) is 62.0 Å². The van der Waals surface area contributed by atoms with E-state index in [1.165, 1.54) is 19.3 Å². The van der Waals surface area contributed by atoms with Crippen LogP contribution in [0.4, 0.5) is 0 Å². The average Bonchev–Trinajstić information content (AvgIpc) is 2.50. The third-order valence-corrected chi connectivity index (χ3v) is 3.04. The van der Waals surface area contributed by atoms with Gasteiger partial charge in [0.2, 0.25) is 0 Å². The lowest BCUT2D eigenvalue weighted by atomic mass is 10.2. The van der Waals surface area contributed by atoms with Crippen molar-refractivity contribution in [2.45, 2.75) is 71.1 Å². The van der Waals surface area contributed by atoms with Crippen LogP contribution >= 0.6 is 0 Å². The Bertz CT molecular complexity index is 321. The first kappa shape index (κ1) is 19.6. The second kappa shape index (κ2) is 18.6. The Hall–Kier alpha value is -1.37. The van der Waals surface area contributed by atoms with Crippen LogP contribution in [0.1, 0.15) is 71.1 Å². The molecule has 0 aromatic carbocycles. The van der Waals surface area contributed by atoms with Gasteiger partial charge in [-0.15, -0.1) is 0 Å². The molecule has 0 aromatic heterocycles. The molecule has 1 heteroatoms. The van der Waals surface area contributed by atoms with Gasteiger partial charge in [0.05, 0.1) is 0 Å². The zero-order valence-electron chi connectivity index (χ0n) is 13.6. The minimum Gasteiger partial charge on any atom is -0.291 e. The molecule has 0 aliphatic carbocycles. The lowest BCUT2D eigenvalue weighted by molar-refractivity contribution is 0.551. The van der Waals surface area contributed by atoms with E-state index in [0.29, 0.717) is 6.42 Å². The van der Waals surface area contributed by atoms with Crippen LogP contribution in [0.2, 0.25) is 0 Å². The van der Waals surface area contributed by atoms with E-state index < -0.39 is 0 Å². The highest BCUT2D eigenvalue weighted by Gasteiger charge is 1.81. The Balaban J connectivity index is 3.31. The fraction of sp³-hybridized carbons (Fsp3) is 0.550. The smallest absolute Gasteiger partial charge is 0.198 e. The van der Waals surface area contributed by atoms with Crippen LogP contribution in [0.25, 0.3) is 0 Å². The van der Waals surface area contributed by atoms with Gasteiger partial charge < -0.3 is 0 Å². The molecule has 0 atom stereocenters. The lowest BCUT2D eigenvalue weighted by Gasteiger charge is -1.90. The molecule has 0 aromatic rings. The molecule has 0 N–H and O–H groups in total. The summed E-state index contributed by atoms with van der Waals surface area (Å²) in [5.41, 5.74) is 0. The Kier molecular flexibility index (Phi) is 17.4. The van der Waals surface area contributed by atoms with Crippen molar-refractivity contribution in [2.24, 2.45) is 0 Å². The van der Waals surface area contributed by atoms with Gasteiger partial charge in [-0.2, -0.15) is 0 Å². The van der Waals surface area contributed by atoms with Gasteiger partial charge in [0, 0.05) is 6.42 Å². The standard InChI is InChI=1S/C20H31O/c1-2-3-4-5-6-7-8-9-10-11-12-13-14-15-16-17-18-19-20-21/h4-5,8-9,12-13,16-17H,2-3,6-7,10-11,14-15,18-19H2,1H3. The number of hydrogen-bond acceptors (Lipinski definition) is 1. The molecule has 117 valence electrons. The van der Waals surface area contributed by atoms with Crippen molar-refractivity contribution in [3.8, 4) is 0 Å². The number of carbonyl (C=O) groups excluding carboxylic acids is 1. The van der Waals surface area contributed by atoms with Crippen molar-refractivity contribution >= 4 is 6.29 Å². The monoisotopic (exact) mass is 287 g/mol. The van der Waals surface area contributed by atoms with E-state index in [0.717, 1.165) is 38.5 Å². The van der Waals surface area contributed by atoms with Gasteiger partial charge in [-0.05, 0) is 51.4 Å². The fourth-order valence-electron chi connectivity index (χ4n) is 1.83. The molecule has 0 aliphatic heterocycles. The van der Waals surface area contributed by atoms with Crippen LogP contribution in [0.5, 0.6) is 0 Å². The molecule has 21 heavy (non-hydrogen) atoms. The van der Waals surface area contributed by atoms with Gasteiger partial charge >= 0.3 is 0 Å². The maximum Gasteiger partial charge on any atom is 0.198 e. The molecule has 0 aliphatic rings. The highest BCUT2D eigenvalue weighted by Crippen LogP contribution is 2.01. The Labute approximate surface area is 131 Å². The third-order valence-electron chi connectivity index (χ3n) is 3.04. The van der Waals surface area contributed by atoms with Gasteiger partial charge in [0.15, 0.2) is 6.29 Å². The van der Waals surface area contributed by atoms with E-state index in [4.69, 9.17) is 0 Å². The maximum atomic E-state index is 9.99. The largest absolute Gasteiger partial charge is 0.291 e. The van der Waals surface area contributed by atoms with Crippen LogP contribution in [-0.2, 0) is 4.79 Å². The van der Waals surface area contributed by atoms with Crippen LogP contribution in [0.3, 0.4) is 0 Å². The van der Waals surface area contributed by atoms with Gasteiger partial charge in [0.25, 0.3) is 0 Å². The molecule has 1 radical (unpaired) electrons. The molecule has 0 saturated carbocycles. The van der Waals surface area contributed by atoms with Crippen molar-refractivity contribution in [1.29, 1.82) is 0 Å². The summed E-state index contributed by atoms with van der Waals surface area (Å²) >= 11 is 0. The Morgan fingerprint density at radius 3 is 1.24 bits per heavy atom. The Morgan fingerprint density at radius 1 is 0.571 bits per heavy atom. The summed E-state index contributed by atoms with van der Waals surface area (Å²) in [6, 6.07) is 0. The van der Waals surface area contributed by atoms with Gasteiger partial charge in [0.1, 0.15) is 0 Å². The summed E-state index contributed by atoms with van der Waals surface area (Å²) in [4.78, 5) is 9.99. The summed E-state index contributed by atoms with van der Waals surface area (Å²) in [5, 5.41) is 0. The molecule has 0 rings (SSSR count). The summed E-state index contributed by atoms with van der Waals surface area (Å²) in [7, 11) is 0. The molecule has 0 amide bonds. The molecule has 0 fully saturated rings. The maximum absolute atomic E-state index is 9.99. The Morgan fingerprint density at radius 2 is 0.905 bits per heavy atom. The molecular formula is C20H31O. The predicted octanol–water partition coefficient (Wildman–Crippen LogP) is 6.24. The number of rotatable bonds is 14. The SMILES string of the molecule is CCCC=CCCC=CCCC=CCCC=CCC[C]=O. The normalized spacial score (nSPS) is 12.4. The molecule has 0 saturated heterocycles. The lowest BCUT2D eigenvalue weighted by Crippen LogP contribution is -1.71. The molecule has 0 unspecified atom stereocenters. The number of hydrogen-bond donors (Lipinski definition) is 0. The summed E-state index contributed by atoms with van der Waals surface area (Å²) in [6.45, 7) is 2.21. The van der Waals surface area contributed by atoms with Crippen LogP contribution in [0, 0.1) is 0 Å². The van der Waals surface area contributed by atoms with Crippen molar-refractivity contribution in [2.75, 3.05) is 0 Å². The molecular weight excluding hydrogens is 256 g/mol. The predicted molar refractivity (Wildman–Crippen MR) is 94.1 cm³/mol. The molecule has 0 spiro atoms. The van der Waals surface area contributed by atoms with E-state index in [1.54, 1.807) is 0 Å². The van der Waals surface area contributed by atoms with Crippen molar-refractivity contribution in [3.05, 3.63) is 48.6 Å². The highest BCUT2D eigenvalue weighted by atomic mass is 16.1. The van der Waals surface area contributed by atoms with Crippen LogP contribution in [0.15, 0.2) is 48.6 Å². The first-order valence-electron chi connectivity index (χ1n) is 8.36. The fourth-order valence-corrected chi connectivity index (χ4v) is 1.83. The zero-order chi connectivity index (χ0) is 15.4. The quantitative estimate of drug-likeness (QED) is 0.273. The van der Waals surface area contributed by atoms with E-state index in [9.17, 15) is 4.79 Å².